The molecule has 1 fully saturated rings. The zero-order valence-electron chi connectivity index (χ0n) is 18.0. The minimum absolute atomic E-state index is 0.0510. The fourth-order valence-corrected chi connectivity index (χ4v) is 4.69. The van der Waals surface area contributed by atoms with Gasteiger partial charge in [-0.3, -0.25) is 9.36 Å². The molecule has 0 saturated heterocycles. The van der Waals surface area contributed by atoms with Crippen LogP contribution in [0.2, 0.25) is 0 Å². The lowest BCUT2D eigenvalue weighted by molar-refractivity contribution is -0.119. The Morgan fingerprint density at radius 2 is 1.87 bits per heavy atom. The predicted octanol–water partition coefficient (Wildman–Crippen LogP) is 4.73. The molecule has 1 aliphatic carbocycles. The predicted molar refractivity (Wildman–Crippen MR) is 124 cm³/mol. The maximum atomic E-state index is 12.6. The van der Waals surface area contributed by atoms with Crippen LogP contribution >= 0.6 is 11.8 Å². The van der Waals surface area contributed by atoms with Gasteiger partial charge in [0.2, 0.25) is 5.91 Å². The summed E-state index contributed by atoms with van der Waals surface area (Å²) >= 11 is 1.41. The number of methoxy groups -OCH3 is 1. The van der Waals surface area contributed by atoms with Crippen LogP contribution < -0.4 is 10.1 Å². The number of ether oxygens (including phenoxy) is 1. The Morgan fingerprint density at radius 3 is 2.61 bits per heavy atom. The molecule has 0 unspecified atom stereocenters. The molecular formula is C24H28N4O2S. The number of para-hydroxylation sites is 1. The molecule has 162 valence electrons. The lowest BCUT2D eigenvalue weighted by Gasteiger charge is -2.26. The number of hydrogen-bond acceptors (Lipinski definition) is 5. The molecule has 0 atom stereocenters. The largest absolute Gasteiger partial charge is 0.497 e. The average Bonchev–Trinajstić information content (AvgIpc) is 3.24. The summed E-state index contributed by atoms with van der Waals surface area (Å²) in [5, 5.41) is 12.7. The van der Waals surface area contributed by atoms with E-state index >= 15 is 0 Å². The van der Waals surface area contributed by atoms with Gasteiger partial charge in [0.05, 0.1) is 12.9 Å². The third-order valence-electron chi connectivity index (χ3n) is 5.69. The molecule has 3 aromatic rings. The first-order chi connectivity index (χ1) is 15.1. The van der Waals surface area contributed by atoms with E-state index in [0.29, 0.717) is 22.8 Å². The number of carbonyl (C=O) groups is 1. The molecule has 0 bridgehead atoms. The van der Waals surface area contributed by atoms with Crippen molar-refractivity contribution in [1.82, 2.24) is 20.1 Å². The van der Waals surface area contributed by atoms with Crippen molar-refractivity contribution in [3.63, 3.8) is 0 Å². The summed E-state index contributed by atoms with van der Waals surface area (Å²) in [7, 11) is 1.65. The van der Waals surface area contributed by atoms with Crippen LogP contribution in [0.25, 0.3) is 17.1 Å². The van der Waals surface area contributed by atoms with Crippen LogP contribution in [0.15, 0.2) is 59.8 Å². The summed E-state index contributed by atoms with van der Waals surface area (Å²) in [6.45, 7) is 2.28. The summed E-state index contributed by atoms with van der Waals surface area (Å²) in [4.78, 5) is 12.6. The van der Waals surface area contributed by atoms with Gasteiger partial charge in [-0.15, -0.1) is 10.2 Å². The Hall–Kier alpha value is -2.80. The van der Waals surface area contributed by atoms with Crippen molar-refractivity contribution < 1.29 is 9.53 Å². The van der Waals surface area contributed by atoms with E-state index in [0.717, 1.165) is 35.8 Å². The Bertz CT molecular complexity index is 1010. The van der Waals surface area contributed by atoms with Crippen molar-refractivity contribution in [2.45, 2.75) is 43.8 Å². The van der Waals surface area contributed by atoms with E-state index in [1.54, 1.807) is 7.11 Å². The number of carbonyl (C=O) groups excluding carboxylic acids is 1. The number of hydrogen-bond donors (Lipinski definition) is 1. The van der Waals surface area contributed by atoms with Crippen LogP contribution in [0.5, 0.6) is 5.75 Å². The van der Waals surface area contributed by atoms with Crippen LogP contribution in [0.1, 0.15) is 32.6 Å². The second-order valence-electron chi connectivity index (χ2n) is 8.02. The highest BCUT2D eigenvalue weighted by atomic mass is 32.2. The van der Waals surface area contributed by atoms with Gasteiger partial charge >= 0.3 is 0 Å². The van der Waals surface area contributed by atoms with Crippen LogP contribution in [0, 0.1) is 5.92 Å². The summed E-state index contributed by atoms with van der Waals surface area (Å²) in [6.07, 6.45) is 4.50. The average molecular weight is 437 g/mol. The van der Waals surface area contributed by atoms with E-state index in [1.165, 1.54) is 24.6 Å². The number of amides is 1. The van der Waals surface area contributed by atoms with Crippen molar-refractivity contribution >= 4 is 17.7 Å². The van der Waals surface area contributed by atoms with Gasteiger partial charge in [-0.25, -0.2) is 0 Å². The van der Waals surface area contributed by atoms with Gasteiger partial charge in [0, 0.05) is 17.3 Å². The molecule has 4 rings (SSSR count). The van der Waals surface area contributed by atoms with E-state index in [4.69, 9.17) is 4.74 Å². The normalized spacial score (nSPS) is 18.5. The Kier molecular flexibility index (Phi) is 6.92. The van der Waals surface area contributed by atoms with Crippen molar-refractivity contribution in [3.8, 4) is 22.8 Å². The number of nitrogens with one attached hydrogen (secondary N) is 1. The molecule has 1 aromatic heterocycles. The molecular weight excluding hydrogens is 408 g/mol. The zero-order valence-corrected chi connectivity index (χ0v) is 18.8. The van der Waals surface area contributed by atoms with E-state index in [-0.39, 0.29) is 5.91 Å². The van der Waals surface area contributed by atoms with E-state index in [9.17, 15) is 4.79 Å². The zero-order chi connectivity index (χ0) is 21.6. The van der Waals surface area contributed by atoms with Gasteiger partial charge in [0.25, 0.3) is 0 Å². The highest BCUT2D eigenvalue weighted by Gasteiger charge is 2.21. The number of benzene rings is 2. The fourth-order valence-electron chi connectivity index (χ4n) is 3.93. The summed E-state index contributed by atoms with van der Waals surface area (Å²) in [5.41, 5.74) is 1.86. The smallest absolute Gasteiger partial charge is 0.230 e. The van der Waals surface area contributed by atoms with Gasteiger partial charge in [-0.1, -0.05) is 49.0 Å². The second kappa shape index (κ2) is 10.0. The Balaban J connectivity index is 1.53. The summed E-state index contributed by atoms with van der Waals surface area (Å²) < 4.78 is 7.37. The van der Waals surface area contributed by atoms with E-state index in [2.05, 4.69) is 22.4 Å². The van der Waals surface area contributed by atoms with Crippen molar-refractivity contribution in [3.05, 3.63) is 54.6 Å². The molecule has 1 heterocycles. The molecule has 0 aliphatic heterocycles. The molecule has 1 N–H and O–H groups in total. The van der Waals surface area contributed by atoms with Crippen LogP contribution in [0.4, 0.5) is 0 Å². The first-order valence-corrected chi connectivity index (χ1v) is 11.7. The fraction of sp³-hybridized carbons (Fsp3) is 0.375. The Morgan fingerprint density at radius 1 is 1.10 bits per heavy atom. The maximum Gasteiger partial charge on any atom is 0.230 e. The lowest BCUT2D eigenvalue weighted by Crippen LogP contribution is -2.38. The monoisotopic (exact) mass is 436 g/mol. The molecule has 0 spiro atoms. The number of nitrogens with zero attached hydrogens (tertiary/aromatic N) is 3. The molecule has 31 heavy (non-hydrogen) atoms. The summed E-state index contributed by atoms with van der Waals surface area (Å²) in [6, 6.07) is 18.0. The topological polar surface area (TPSA) is 69.0 Å². The molecule has 7 heteroatoms. The third-order valence-corrected chi connectivity index (χ3v) is 6.62. The molecule has 2 aromatic carbocycles. The first-order valence-electron chi connectivity index (χ1n) is 10.7. The van der Waals surface area contributed by atoms with E-state index in [1.807, 2.05) is 59.2 Å². The van der Waals surface area contributed by atoms with Gasteiger partial charge in [-0.05, 0) is 55.9 Å². The third kappa shape index (κ3) is 5.28. The van der Waals surface area contributed by atoms with Crippen LogP contribution in [0.3, 0.4) is 0 Å². The quantitative estimate of drug-likeness (QED) is 0.542. The molecule has 1 amide bonds. The Labute approximate surface area is 187 Å². The van der Waals surface area contributed by atoms with Gasteiger partial charge in [-0.2, -0.15) is 0 Å². The minimum Gasteiger partial charge on any atom is -0.497 e. The number of thioether (sulfide) groups is 1. The van der Waals surface area contributed by atoms with Crippen LogP contribution in [-0.4, -0.2) is 39.6 Å². The highest BCUT2D eigenvalue weighted by molar-refractivity contribution is 7.99. The van der Waals surface area contributed by atoms with Crippen LogP contribution in [-0.2, 0) is 4.79 Å². The van der Waals surface area contributed by atoms with Gasteiger partial charge < -0.3 is 10.1 Å². The second-order valence-corrected chi connectivity index (χ2v) is 8.96. The SMILES string of the molecule is COc1cccc(-c2nnc(SCC(=O)NC3CCC(C)CC3)n2-c2ccccc2)c1. The molecule has 6 nitrogen and oxygen atoms in total. The standard InChI is InChI=1S/C24H28N4O2S/c1-17-11-13-19(14-12-17)25-22(29)16-31-24-27-26-23(18-7-6-10-21(15-18)30-2)28(24)20-8-4-3-5-9-20/h3-10,15,17,19H,11-14,16H2,1-2H3,(H,25,29). The number of rotatable bonds is 7. The first kappa shape index (κ1) is 21.4. The van der Waals surface area contributed by atoms with E-state index < -0.39 is 0 Å². The van der Waals surface area contributed by atoms with Crippen molar-refractivity contribution in [1.29, 1.82) is 0 Å². The van der Waals surface area contributed by atoms with Gasteiger partial charge in [0.1, 0.15) is 5.75 Å². The number of aromatic nitrogens is 3. The lowest BCUT2D eigenvalue weighted by atomic mass is 9.87. The molecule has 0 radical (unpaired) electrons. The molecule has 1 saturated carbocycles. The molecule has 1 aliphatic rings. The van der Waals surface area contributed by atoms with Crippen molar-refractivity contribution in [2.75, 3.05) is 12.9 Å². The van der Waals surface area contributed by atoms with Gasteiger partial charge in [0.15, 0.2) is 11.0 Å². The highest BCUT2D eigenvalue weighted by Crippen LogP contribution is 2.30. The van der Waals surface area contributed by atoms with Crippen molar-refractivity contribution in [2.24, 2.45) is 5.92 Å². The minimum atomic E-state index is 0.0510. The maximum absolute atomic E-state index is 12.6. The summed E-state index contributed by atoms with van der Waals surface area (Å²) in [5.74, 6) is 2.61.